The Morgan fingerprint density at radius 1 is 1.21 bits per heavy atom. The van der Waals surface area contributed by atoms with Crippen LogP contribution in [0, 0.1) is 24.1 Å². The Bertz CT molecular complexity index is 1400. The number of aromatic nitrogens is 4. The van der Waals surface area contributed by atoms with E-state index < -0.39 is 17.9 Å². The highest BCUT2D eigenvalue weighted by atomic mass is 19.1. The van der Waals surface area contributed by atoms with Gasteiger partial charge in [-0.25, -0.2) is 14.4 Å². The highest BCUT2D eigenvalue weighted by Gasteiger charge is 2.23. The summed E-state index contributed by atoms with van der Waals surface area (Å²) in [7, 11) is 0. The van der Waals surface area contributed by atoms with Crippen LogP contribution in [0.4, 0.5) is 16.0 Å². The number of nitrogen functional groups attached to an aromatic ring is 1. The van der Waals surface area contributed by atoms with Crippen molar-refractivity contribution in [3.05, 3.63) is 71.6 Å². The lowest BCUT2D eigenvalue weighted by molar-refractivity contribution is 0.0946. The second-order valence-electron chi connectivity index (χ2n) is 7.26. The Balaban J connectivity index is 1.77. The molecule has 4 rings (SSSR count). The van der Waals surface area contributed by atoms with Gasteiger partial charge in [-0.05, 0) is 44.2 Å². The highest BCUT2D eigenvalue weighted by molar-refractivity contribution is 6.11. The number of anilines is 2. The molecule has 1 amide bonds. The van der Waals surface area contributed by atoms with Crippen LogP contribution in [-0.2, 0) is 0 Å². The van der Waals surface area contributed by atoms with Gasteiger partial charge in [0.15, 0.2) is 5.82 Å². The molecule has 0 radical (unpaired) electrons. The second-order valence-corrected chi connectivity index (χ2v) is 7.26. The van der Waals surface area contributed by atoms with Crippen molar-refractivity contribution in [2.75, 3.05) is 11.1 Å². The van der Waals surface area contributed by atoms with Crippen molar-refractivity contribution in [3.8, 4) is 17.3 Å². The molecule has 4 aromatic rings. The van der Waals surface area contributed by atoms with Gasteiger partial charge in [0.2, 0.25) is 0 Å². The lowest BCUT2D eigenvalue weighted by atomic mass is 9.97. The first-order chi connectivity index (χ1) is 15.9. The number of carbonyl (C=O) groups excluding carboxylic acids is 1. The molecule has 1 unspecified atom stereocenters. The molecule has 10 heteroatoms. The molecule has 164 valence electrons. The van der Waals surface area contributed by atoms with E-state index in [0.29, 0.717) is 27.9 Å². The van der Waals surface area contributed by atoms with Gasteiger partial charge in [0.1, 0.15) is 29.6 Å². The number of aryl methyl sites for hydroxylation is 1. The van der Waals surface area contributed by atoms with Crippen molar-refractivity contribution < 1.29 is 9.18 Å². The molecular formula is C23H19FN8O. The number of carbonyl (C=O) groups is 1. The fourth-order valence-electron chi connectivity index (χ4n) is 3.55. The average molecular weight is 442 g/mol. The predicted octanol–water partition coefficient (Wildman–Crippen LogP) is 3.18. The second kappa shape index (κ2) is 8.84. The van der Waals surface area contributed by atoms with E-state index in [2.05, 4.69) is 30.6 Å². The third-order valence-electron chi connectivity index (χ3n) is 4.97. The molecule has 1 aromatic carbocycles. The van der Waals surface area contributed by atoms with E-state index in [1.54, 1.807) is 38.2 Å². The van der Waals surface area contributed by atoms with Crippen LogP contribution in [0.5, 0.6) is 0 Å². The van der Waals surface area contributed by atoms with Gasteiger partial charge in [0, 0.05) is 22.8 Å². The van der Waals surface area contributed by atoms with Crippen LogP contribution >= 0.6 is 0 Å². The highest BCUT2D eigenvalue weighted by Crippen LogP contribution is 2.31. The quantitative estimate of drug-likeness (QED) is 0.400. The Morgan fingerprint density at radius 2 is 2.03 bits per heavy atom. The van der Waals surface area contributed by atoms with E-state index >= 15 is 0 Å². The molecule has 0 aliphatic heterocycles. The van der Waals surface area contributed by atoms with E-state index in [9.17, 15) is 14.4 Å². The molecule has 1 atom stereocenters. The first kappa shape index (κ1) is 21.6. The summed E-state index contributed by atoms with van der Waals surface area (Å²) < 4.78 is 14.1. The van der Waals surface area contributed by atoms with E-state index in [0.717, 1.165) is 0 Å². The number of halogens is 1. The zero-order chi connectivity index (χ0) is 23.5. The van der Waals surface area contributed by atoms with Crippen molar-refractivity contribution in [1.29, 1.82) is 5.26 Å². The third kappa shape index (κ3) is 4.24. The van der Waals surface area contributed by atoms with Crippen LogP contribution in [0.3, 0.4) is 0 Å². The van der Waals surface area contributed by atoms with Gasteiger partial charge in [-0.2, -0.15) is 5.26 Å². The molecule has 0 bridgehead atoms. The Hall–Kier alpha value is -4.65. The van der Waals surface area contributed by atoms with E-state index in [4.69, 9.17) is 5.73 Å². The lowest BCUT2D eigenvalue weighted by Crippen LogP contribution is -2.39. The number of nitriles is 1. The maximum atomic E-state index is 14.1. The van der Waals surface area contributed by atoms with Gasteiger partial charge < -0.3 is 16.4 Å². The standard InChI is InChI=1S/C23H19FN8O/c1-12-19(18-5-3-4-8-27-18)20(15-9-14(24)6-7-17(15)30-12)23(33)32-13(2)31-22-16(10-25)21(26)28-11-29-22/h3-9,11,13H,1-2H3,(H,32,33)(H3,26,28,29,31). The summed E-state index contributed by atoms with van der Waals surface area (Å²) in [6.45, 7) is 3.45. The summed E-state index contributed by atoms with van der Waals surface area (Å²) in [5.74, 6) is -0.755. The van der Waals surface area contributed by atoms with Crippen molar-refractivity contribution >= 4 is 28.4 Å². The van der Waals surface area contributed by atoms with E-state index in [1.807, 2.05) is 6.07 Å². The number of amides is 1. The van der Waals surface area contributed by atoms with E-state index in [1.165, 1.54) is 24.5 Å². The molecular weight excluding hydrogens is 423 g/mol. The Morgan fingerprint density at radius 3 is 2.76 bits per heavy atom. The summed E-state index contributed by atoms with van der Waals surface area (Å²) in [5.41, 5.74) is 8.14. The molecule has 4 N–H and O–H groups in total. The number of fused-ring (bicyclic) bond motifs is 1. The van der Waals surface area contributed by atoms with Crippen LogP contribution in [0.1, 0.15) is 28.5 Å². The number of pyridine rings is 2. The van der Waals surface area contributed by atoms with Gasteiger partial charge >= 0.3 is 0 Å². The molecule has 33 heavy (non-hydrogen) atoms. The minimum atomic E-state index is -0.660. The number of nitrogens with zero attached hydrogens (tertiary/aromatic N) is 5. The lowest BCUT2D eigenvalue weighted by Gasteiger charge is -2.20. The van der Waals surface area contributed by atoms with Gasteiger partial charge in [0.05, 0.1) is 22.9 Å². The Kier molecular flexibility index (Phi) is 5.78. The molecule has 0 saturated heterocycles. The summed E-state index contributed by atoms with van der Waals surface area (Å²) >= 11 is 0. The topological polar surface area (TPSA) is 142 Å². The SMILES string of the molecule is Cc1nc2ccc(F)cc2c(C(=O)NC(C)Nc2ncnc(N)c2C#N)c1-c1ccccn1. The zero-order valence-corrected chi connectivity index (χ0v) is 17.8. The maximum Gasteiger partial charge on any atom is 0.254 e. The minimum absolute atomic E-state index is 0.0252. The normalized spacial score (nSPS) is 11.6. The molecule has 0 spiro atoms. The smallest absolute Gasteiger partial charge is 0.254 e. The number of hydrogen-bond donors (Lipinski definition) is 3. The minimum Gasteiger partial charge on any atom is -0.382 e. The molecule has 0 aliphatic carbocycles. The molecule has 0 saturated carbocycles. The predicted molar refractivity (Wildman–Crippen MR) is 121 cm³/mol. The molecule has 3 aromatic heterocycles. The Labute approximate surface area is 188 Å². The van der Waals surface area contributed by atoms with Gasteiger partial charge in [-0.15, -0.1) is 0 Å². The van der Waals surface area contributed by atoms with Crippen LogP contribution in [-0.4, -0.2) is 32.0 Å². The van der Waals surface area contributed by atoms with Crippen molar-refractivity contribution in [2.45, 2.75) is 20.0 Å². The summed E-state index contributed by atoms with van der Waals surface area (Å²) in [6.07, 6.45) is 2.17. The zero-order valence-electron chi connectivity index (χ0n) is 17.8. The molecule has 0 fully saturated rings. The molecule has 0 aliphatic rings. The average Bonchev–Trinajstić information content (AvgIpc) is 2.79. The van der Waals surface area contributed by atoms with Crippen LogP contribution in [0.15, 0.2) is 48.9 Å². The molecule has 3 heterocycles. The monoisotopic (exact) mass is 442 g/mol. The van der Waals surface area contributed by atoms with Gasteiger partial charge in [-0.3, -0.25) is 14.8 Å². The van der Waals surface area contributed by atoms with Gasteiger partial charge in [0.25, 0.3) is 5.91 Å². The van der Waals surface area contributed by atoms with Crippen molar-refractivity contribution in [3.63, 3.8) is 0 Å². The number of rotatable bonds is 5. The van der Waals surface area contributed by atoms with Crippen LogP contribution < -0.4 is 16.4 Å². The van der Waals surface area contributed by atoms with Gasteiger partial charge in [-0.1, -0.05) is 6.07 Å². The third-order valence-corrected chi connectivity index (χ3v) is 4.97. The fraction of sp³-hybridized carbons (Fsp3) is 0.130. The number of benzene rings is 1. The summed E-state index contributed by atoms with van der Waals surface area (Å²) in [5, 5.41) is 15.5. The number of hydrogen-bond acceptors (Lipinski definition) is 8. The summed E-state index contributed by atoms with van der Waals surface area (Å²) in [4.78, 5) is 30.2. The van der Waals surface area contributed by atoms with Crippen molar-refractivity contribution in [2.24, 2.45) is 0 Å². The van der Waals surface area contributed by atoms with E-state index in [-0.39, 0.29) is 22.8 Å². The fourth-order valence-corrected chi connectivity index (χ4v) is 3.55. The maximum absolute atomic E-state index is 14.1. The largest absolute Gasteiger partial charge is 0.382 e. The van der Waals surface area contributed by atoms with Crippen molar-refractivity contribution in [1.82, 2.24) is 25.3 Å². The first-order valence-corrected chi connectivity index (χ1v) is 9.98. The first-order valence-electron chi connectivity index (χ1n) is 9.98. The molecule has 9 nitrogen and oxygen atoms in total. The summed E-state index contributed by atoms with van der Waals surface area (Å²) in [6, 6.07) is 11.4. The van der Waals surface area contributed by atoms with Crippen LogP contribution in [0.25, 0.3) is 22.2 Å². The number of nitrogens with two attached hydrogens (primary N) is 1. The van der Waals surface area contributed by atoms with Crippen LogP contribution in [0.2, 0.25) is 0 Å². The number of nitrogens with one attached hydrogen (secondary N) is 2.